The summed E-state index contributed by atoms with van der Waals surface area (Å²) >= 11 is -4.26. The quantitative estimate of drug-likeness (QED) is 0.0479. The third kappa shape index (κ3) is 17.4. The standard InChI is InChI=1S/C38H69IO5S/c1-5-9-13-17-21-25-29-33-34(30-26-22-18-14-10-6-2)36(32-28-24-20-16-12-8-4)38(45(42,43)44)37(39(40)41)35(33)31-27-23-19-15-11-7-3/h5-32H2,1-4H3,(H,42,43,44). The fourth-order valence-electron chi connectivity index (χ4n) is 6.79. The molecule has 7 heteroatoms. The molecule has 0 fully saturated rings. The largest absolute Gasteiger partial charge is 0.342 e. The highest BCUT2D eigenvalue weighted by molar-refractivity contribution is 14.2. The molecule has 0 aliphatic rings. The van der Waals surface area contributed by atoms with Gasteiger partial charge in [0.25, 0.3) is 10.1 Å². The van der Waals surface area contributed by atoms with Crippen LogP contribution < -0.4 is 0 Å². The van der Waals surface area contributed by atoms with Crippen LogP contribution in [0.2, 0.25) is 0 Å². The number of rotatable bonds is 30. The second kappa shape index (κ2) is 26.4. The van der Waals surface area contributed by atoms with Gasteiger partial charge >= 0.3 is 19.8 Å². The van der Waals surface area contributed by atoms with Crippen LogP contribution in [0.4, 0.5) is 0 Å². The zero-order valence-electron chi connectivity index (χ0n) is 29.7. The molecule has 45 heavy (non-hydrogen) atoms. The lowest BCUT2D eigenvalue weighted by Gasteiger charge is -2.24. The van der Waals surface area contributed by atoms with Crippen molar-refractivity contribution in [1.82, 2.24) is 0 Å². The van der Waals surface area contributed by atoms with Gasteiger partial charge in [-0.25, -0.2) is 6.14 Å². The first kappa shape index (κ1) is 42.5. The fourth-order valence-corrected chi connectivity index (χ4v) is 10.8. The average molecular weight is 765 g/mol. The Hall–Kier alpha value is -0.540. The van der Waals surface area contributed by atoms with Gasteiger partial charge in [-0.2, -0.15) is 8.42 Å². The van der Waals surface area contributed by atoms with E-state index in [0.717, 1.165) is 107 Å². The van der Waals surface area contributed by atoms with Crippen molar-refractivity contribution in [2.24, 2.45) is 0 Å². The van der Waals surface area contributed by atoms with Gasteiger partial charge in [0.2, 0.25) is 0 Å². The van der Waals surface area contributed by atoms with Crippen LogP contribution in [-0.2, 0) is 41.9 Å². The van der Waals surface area contributed by atoms with Gasteiger partial charge in [0, 0.05) is 0 Å². The van der Waals surface area contributed by atoms with E-state index < -0.39 is 29.9 Å². The van der Waals surface area contributed by atoms with Gasteiger partial charge in [-0.05, 0) is 73.6 Å². The van der Waals surface area contributed by atoms with Gasteiger partial charge in [-0.1, -0.05) is 156 Å². The Morgan fingerprint density at radius 3 is 1.00 bits per heavy atom. The van der Waals surface area contributed by atoms with Gasteiger partial charge < -0.3 is 0 Å². The van der Waals surface area contributed by atoms with Crippen LogP contribution in [0.5, 0.6) is 0 Å². The molecule has 0 aromatic heterocycles. The molecule has 0 heterocycles. The maximum absolute atomic E-state index is 13.1. The summed E-state index contributed by atoms with van der Waals surface area (Å²) in [7, 11) is -4.70. The number of halogens is 1. The van der Waals surface area contributed by atoms with Crippen molar-refractivity contribution in [1.29, 1.82) is 0 Å². The zero-order chi connectivity index (χ0) is 33.3. The summed E-state index contributed by atoms with van der Waals surface area (Å²) < 4.78 is 63.1. The maximum Gasteiger partial charge on any atom is 0.342 e. The van der Waals surface area contributed by atoms with Gasteiger partial charge in [-0.15, -0.1) is 0 Å². The van der Waals surface area contributed by atoms with E-state index in [1.807, 2.05) is 0 Å². The smallest absolute Gasteiger partial charge is 0.282 e. The minimum atomic E-state index is -4.70. The van der Waals surface area contributed by atoms with E-state index in [0.29, 0.717) is 18.4 Å². The minimum absolute atomic E-state index is 0.0103. The molecule has 0 saturated heterocycles. The van der Waals surface area contributed by atoms with Crippen molar-refractivity contribution in [2.75, 3.05) is 0 Å². The van der Waals surface area contributed by atoms with E-state index in [2.05, 4.69) is 27.7 Å². The minimum Gasteiger partial charge on any atom is -0.282 e. The lowest BCUT2D eigenvalue weighted by Crippen LogP contribution is -2.17. The molecule has 0 bridgehead atoms. The molecule has 0 saturated carbocycles. The van der Waals surface area contributed by atoms with E-state index >= 15 is 0 Å². The zero-order valence-corrected chi connectivity index (χ0v) is 32.6. The van der Waals surface area contributed by atoms with E-state index in [9.17, 15) is 19.1 Å². The highest BCUT2D eigenvalue weighted by Crippen LogP contribution is 2.40. The third-order valence-electron chi connectivity index (χ3n) is 9.36. The summed E-state index contributed by atoms with van der Waals surface area (Å²) in [5.41, 5.74) is 3.53. The highest BCUT2D eigenvalue weighted by Gasteiger charge is 2.31. The molecule has 1 N–H and O–H groups in total. The maximum atomic E-state index is 13.1. The predicted octanol–water partition coefficient (Wildman–Crippen LogP) is 12.9. The lowest BCUT2D eigenvalue weighted by molar-refractivity contribution is 0.479. The molecule has 5 nitrogen and oxygen atoms in total. The monoisotopic (exact) mass is 764 g/mol. The molecule has 0 amide bonds. The molecule has 1 rings (SSSR count). The number of benzene rings is 1. The van der Waals surface area contributed by atoms with Crippen LogP contribution in [0.1, 0.15) is 204 Å². The van der Waals surface area contributed by atoms with Gasteiger partial charge in [0.1, 0.15) is 8.47 Å². The Kier molecular flexibility index (Phi) is 24.9. The van der Waals surface area contributed by atoms with Crippen LogP contribution in [0.3, 0.4) is 0 Å². The first-order chi connectivity index (χ1) is 21.7. The van der Waals surface area contributed by atoms with Crippen molar-refractivity contribution in [3.63, 3.8) is 0 Å². The molecule has 0 unspecified atom stereocenters. The highest BCUT2D eigenvalue weighted by atomic mass is 127. The number of unbranched alkanes of at least 4 members (excludes halogenated alkanes) is 20. The van der Waals surface area contributed by atoms with Crippen LogP contribution in [0.25, 0.3) is 0 Å². The fraction of sp³-hybridized carbons (Fsp3) is 0.842. The molecule has 0 aliphatic carbocycles. The molecule has 1 aromatic carbocycles. The van der Waals surface area contributed by atoms with Crippen molar-refractivity contribution in [2.45, 2.75) is 212 Å². The van der Waals surface area contributed by atoms with Crippen LogP contribution in [-0.4, -0.2) is 13.0 Å². The van der Waals surface area contributed by atoms with Crippen LogP contribution in [0, 0.1) is 3.57 Å². The third-order valence-corrected chi connectivity index (χ3v) is 12.8. The summed E-state index contributed by atoms with van der Waals surface area (Å²) in [6.07, 6.45) is 29.4. The van der Waals surface area contributed by atoms with E-state index in [1.54, 1.807) is 0 Å². The number of hydrogen-bond donors (Lipinski definition) is 1. The molecular weight excluding hydrogens is 695 g/mol. The molecule has 0 radical (unpaired) electrons. The Morgan fingerprint density at radius 2 is 0.689 bits per heavy atom. The van der Waals surface area contributed by atoms with Gasteiger partial charge in [0.15, 0.2) is 0 Å². The summed E-state index contributed by atoms with van der Waals surface area (Å²) in [5, 5.41) is 0. The number of hydrogen-bond acceptors (Lipinski definition) is 4. The molecule has 1 aromatic rings. The Balaban J connectivity index is 3.66. The lowest BCUT2D eigenvalue weighted by atomic mass is 9.85. The van der Waals surface area contributed by atoms with Crippen molar-refractivity contribution < 1.29 is 19.1 Å². The van der Waals surface area contributed by atoms with E-state index in [-0.39, 0.29) is 8.47 Å². The summed E-state index contributed by atoms with van der Waals surface area (Å²) in [6.45, 7) is 8.83. The second-order valence-electron chi connectivity index (χ2n) is 13.3. The first-order valence-electron chi connectivity index (χ1n) is 19.0. The van der Waals surface area contributed by atoms with Crippen LogP contribution in [0.15, 0.2) is 4.90 Å². The molecule has 264 valence electrons. The summed E-state index contributed by atoms with van der Waals surface area (Å²) in [4.78, 5) is -0.250. The molecule has 0 atom stereocenters. The SMILES string of the molecule is CCCCCCCCc1c(CCCCCCCC)c(CCCCCCCC)c(S(=O)(=O)O)c(I(=O)=O)c1CCCCCCCC. The molecular formula is C38H69IO5S. The first-order valence-corrected chi connectivity index (χ1v) is 23.2. The van der Waals surface area contributed by atoms with Crippen molar-refractivity contribution >= 4 is 29.9 Å². The van der Waals surface area contributed by atoms with Gasteiger partial charge in [0.05, 0.1) is 0 Å². The van der Waals surface area contributed by atoms with E-state index in [1.165, 1.54) is 77.0 Å². The normalized spacial score (nSPS) is 12.0. The van der Waals surface area contributed by atoms with Crippen molar-refractivity contribution in [3.05, 3.63) is 25.8 Å². The average Bonchev–Trinajstić information content (AvgIpc) is 3.00. The van der Waals surface area contributed by atoms with Crippen molar-refractivity contribution in [3.8, 4) is 0 Å². The Morgan fingerprint density at radius 1 is 0.422 bits per heavy atom. The van der Waals surface area contributed by atoms with E-state index in [4.69, 9.17) is 0 Å². The van der Waals surface area contributed by atoms with Gasteiger partial charge in [-0.3, -0.25) is 4.55 Å². The topological polar surface area (TPSA) is 88.5 Å². The summed E-state index contributed by atoms with van der Waals surface area (Å²) in [5.74, 6) is 0. The Bertz CT molecular complexity index is 1090. The molecule has 0 aliphatic heterocycles. The van der Waals surface area contributed by atoms with Crippen LogP contribution >= 0.6 is 19.8 Å². The Labute approximate surface area is 285 Å². The second-order valence-corrected chi connectivity index (χ2v) is 17.0. The predicted molar refractivity (Wildman–Crippen MR) is 199 cm³/mol. The molecule has 0 spiro atoms. The summed E-state index contributed by atoms with van der Waals surface area (Å²) in [6, 6.07) is 0.